The van der Waals surface area contributed by atoms with Crippen LogP contribution in [-0.2, 0) is 11.2 Å². The van der Waals surface area contributed by atoms with Crippen molar-refractivity contribution in [2.24, 2.45) is 11.5 Å². The molecule has 7 N–H and O–H groups in total. The van der Waals surface area contributed by atoms with Crippen LogP contribution in [0.4, 0.5) is 0 Å². The van der Waals surface area contributed by atoms with E-state index in [0.717, 1.165) is 17.3 Å². The minimum atomic E-state index is -1.11. The first-order valence-electron chi connectivity index (χ1n) is 5.31. The van der Waals surface area contributed by atoms with Gasteiger partial charge in [-0.1, -0.05) is 0 Å². The number of aromatic hydroxyl groups is 2. The van der Waals surface area contributed by atoms with Crippen molar-refractivity contribution in [1.82, 2.24) is 0 Å². The van der Waals surface area contributed by atoms with Gasteiger partial charge in [0.05, 0.1) is 4.90 Å². The Morgan fingerprint density at radius 1 is 1.39 bits per heavy atom. The fourth-order valence-electron chi connectivity index (χ4n) is 1.32. The summed E-state index contributed by atoms with van der Waals surface area (Å²) in [6, 6.07) is 2.08. The molecule has 0 aliphatic heterocycles. The molecule has 0 saturated carbocycles. The van der Waals surface area contributed by atoms with Crippen LogP contribution in [-0.4, -0.2) is 39.6 Å². The minimum absolute atomic E-state index is 0.106. The first kappa shape index (κ1) is 14.6. The van der Waals surface area contributed by atoms with Crippen molar-refractivity contribution < 1.29 is 20.1 Å². The molecular weight excluding hydrogens is 256 g/mol. The van der Waals surface area contributed by atoms with E-state index in [-0.39, 0.29) is 17.3 Å². The fourth-order valence-corrected chi connectivity index (χ4v) is 2.30. The standard InChI is InChI=1S/C11H16N2O4S/c12-2-1-6-3-8(14)10(15)9(4-6)18-5-7(13)11(16)17/h3-4,7,14-15H,1-2,5,12-13H2,(H,16,17)/t7-/m1/s1. The summed E-state index contributed by atoms with van der Waals surface area (Å²) in [5.41, 5.74) is 11.6. The zero-order valence-electron chi connectivity index (χ0n) is 9.67. The van der Waals surface area contributed by atoms with E-state index in [9.17, 15) is 15.0 Å². The van der Waals surface area contributed by atoms with Gasteiger partial charge in [-0.2, -0.15) is 0 Å². The van der Waals surface area contributed by atoms with Crippen LogP contribution >= 0.6 is 11.8 Å². The number of nitrogens with two attached hydrogens (primary N) is 2. The normalized spacial score (nSPS) is 12.3. The molecule has 1 aromatic rings. The zero-order valence-corrected chi connectivity index (χ0v) is 10.5. The molecular formula is C11H16N2O4S. The number of hydrogen-bond donors (Lipinski definition) is 5. The molecule has 0 aromatic heterocycles. The Morgan fingerprint density at radius 2 is 2.06 bits per heavy atom. The fraction of sp³-hybridized carbons (Fsp3) is 0.364. The molecule has 0 fully saturated rings. The minimum Gasteiger partial charge on any atom is -0.504 e. The average molecular weight is 272 g/mol. The van der Waals surface area contributed by atoms with Crippen LogP contribution in [0, 0.1) is 0 Å². The Kier molecular flexibility index (Phi) is 5.26. The van der Waals surface area contributed by atoms with Crippen LogP contribution in [0.1, 0.15) is 5.56 Å². The van der Waals surface area contributed by atoms with Gasteiger partial charge in [0.15, 0.2) is 11.5 Å². The molecule has 0 amide bonds. The Bertz CT molecular complexity index is 439. The second-order valence-electron chi connectivity index (χ2n) is 3.76. The lowest BCUT2D eigenvalue weighted by molar-refractivity contribution is -0.137. The van der Waals surface area contributed by atoms with E-state index >= 15 is 0 Å². The molecule has 7 heteroatoms. The van der Waals surface area contributed by atoms with Crippen molar-refractivity contribution in [2.45, 2.75) is 17.4 Å². The van der Waals surface area contributed by atoms with Crippen molar-refractivity contribution in [3.8, 4) is 11.5 Å². The molecule has 0 aliphatic rings. The van der Waals surface area contributed by atoms with Crippen LogP contribution in [0.3, 0.4) is 0 Å². The highest BCUT2D eigenvalue weighted by Crippen LogP contribution is 2.37. The molecule has 0 heterocycles. The highest BCUT2D eigenvalue weighted by Gasteiger charge is 2.15. The average Bonchev–Trinajstić information content (AvgIpc) is 2.31. The first-order chi connectivity index (χ1) is 8.45. The number of carbonyl (C=O) groups is 1. The Labute approximate surface area is 109 Å². The molecule has 18 heavy (non-hydrogen) atoms. The van der Waals surface area contributed by atoms with Crippen LogP contribution < -0.4 is 11.5 Å². The summed E-state index contributed by atoms with van der Waals surface area (Å²) >= 11 is 1.08. The molecule has 0 radical (unpaired) electrons. The van der Waals surface area contributed by atoms with Gasteiger partial charge in [-0.05, 0) is 30.7 Å². The summed E-state index contributed by atoms with van der Waals surface area (Å²) in [4.78, 5) is 11.0. The van der Waals surface area contributed by atoms with Crippen molar-refractivity contribution in [2.75, 3.05) is 12.3 Å². The molecule has 1 atom stereocenters. The van der Waals surface area contributed by atoms with Crippen molar-refractivity contribution in [3.05, 3.63) is 17.7 Å². The largest absolute Gasteiger partial charge is 0.504 e. The number of phenols is 2. The lowest BCUT2D eigenvalue weighted by atomic mass is 10.1. The van der Waals surface area contributed by atoms with Gasteiger partial charge in [0.1, 0.15) is 6.04 Å². The maximum absolute atomic E-state index is 10.6. The van der Waals surface area contributed by atoms with Crippen LogP contribution in [0.25, 0.3) is 0 Å². The van der Waals surface area contributed by atoms with Gasteiger partial charge in [-0.3, -0.25) is 4.79 Å². The van der Waals surface area contributed by atoms with E-state index in [1.807, 2.05) is 0 Å². The van der Waals surface area contributed by atoms with Gasteiger partial charge < -0.3 is 26.8 Å². The van der Waals surface area contributed by atoms with E-state index in [1.54, 1.807) is 6.07 Å². The van der Waals surface area contributed by atoms with Crippen molar-refractivity contribution >= 4 is 17.7 Å². The molecule has 0 aliphatic carbocycles. The monoisotopic (exact) mass is 272 g/mol. The lowest BCUT2D eigenvalue weighted by Crippen LogP contribution is -2.32. The molecule has 0 bridgehead atoms. The van der Waals surface area contributed by atoms with Gasteiger partial charge >= 0.3 is 5.97 Å². The quantitative estimate of drug-likeness (QED) is 0.367. The van der Waals surface area contributed by atoms with E-state index < -0.39 is 12.0 Å². The summed E-state index contributed by atoms with van der Waals surface area (Å²) in [5, 5.41) is 27.8. The third kappa shape index (κ3) is 3.80. The molecule has 0 spiro atoms. The molecule has 6 nitrogen and oxygen atoms in total. The second kappa shape index (κ2) is 6.48. The molecule has 1 aromatic carbocycles. The van der Waals surface area contributed by atoms with Crippen LogP contribution in [0.2, 0.25) is 0 Å². The summed E-state index contributed by atoms with van der Waals surface area (Å²) in [7, 11) is 0. The van der Waals surface area contributed by atoms with E-state index in [2.05, 4.69) is 0 Å². The van der Waals surface area contributed by atoms with Crippen molar-refractivity contribution in [1.29, 1.82) is 0 Å². The van der Waals surface area contributed by atoms with E-state index in [0.29, 0.717) is 17.9 Å². The summed E-state index contributed by atoms with van der Waals surface area (Å²) < 4.78 is 0. The zero-order chi connectivity index (χ0) is 13.7. The third-order valence-electron chi connectivity index (χ3n) is 2.28. The number of thioether (sulfide) groups is 1. The highest BCUT2D eigenvalue weighted by molar-refractivity contribution is 7.99. The van der Waals surface area contributed by atoms with Gasteiger partial charge in [0, 0.05) is 5.75 Å². The first-order valence-corrected chi connectivity index (χ1v) is 6.30. The van der Waals surface area contributed by atoms with Gasteiger partial charge in [-0.15, -0.1) is 11.8 Å². The number of hydrogen-bond acceptors (Lipinski definition) is 6. The number of rotatable bonds is 6. The van der Waals surface area contributed by atoms with Gasteiger partial charge in [0.25, 0.3) is 0 Å². The van der Waals surface area contributed by atoms with Crippen molar-refractivity contribution in [3.63, 3.8) is 0 Å². The van der Waals surface area contributed by atoms with Gasteiger partial charge in [0.2, 0.25) is 0 Å². The molecule has 100 valence electrons. The molecule has 0 saturated heterocycles. The summed E-state index contributed by atoms with van der Waals surface area (Å²) in [5.74, 6) is -1.51. The number of carboxylic acid groups (broad SMARTS) is 1. The highest BCUT2D eigenvalue weighted by atomic mass is 32.2. The Hall–Kier alpha value is -1.44. The SMILES string of the molecule is NCCc1cc(O)c(O)c(SC[C@@H](N)C(=O)O)c1. The maximum atomic E-state index is 10.6. The predicted octanol–water partition coefficient (Wildman–Crippen LogP) is 0.103. The van der Waals surface area contributed by atoms with E-state index in [1.165, 1.54) is 6.07 Å². The smallest absolute Gasteiger partial charge is 0.321 e. The number of aliphatic carboxylic acids is 1. The molecule has 1 rings (SSSR count). The third-order valence-corrected chi connectivity index (χ3v) is 3.43. The summed E-state index contributed by atoms with van der Waals surface area (Å²) in [6.07, 6.45) is 0.562. The Balaban J connectivity index is 2.83. The lowest BCUT2D eigenvalue weighted by Gasteiger charge is -2.10. The predicted molar refractivity (Wildman–Crippen MR) is 68.9 cm³/mol. The van der Waals surface area contributed by atoms with Crippen LogP contribution in [0.15, 0.2) is 17.0 Å². The topological polar surface area (TPSA) is 130 Å². The van der Waals surface area contributed by atoms with E-state index in [4.69, 9.17) is 16.6 Å². The molecule has 0 unspecified atom stereocenters. The summed E-state index contributed by atoms with van der Waals surface area (Å²) in [6.45, 7) is 0.420. The number of phenolic OH excluding ortho intramolecular Hbond substituents is 2. The second-order valence-corrected chi connectivity index (χ2v) is 4.82. The van der Waals surface area contributed by atoms with Gasteiger partial charge in [-0.25, -0.2) is 0 Å². The number of benzene rings is 1. The Morgan fingerprint density at radius 3 is 2.61 bits per heavy atom. The van der Waals surface area contributed by atoms with Crippen LogP contribution in [0.5, 0.6) is 11.5 Å². The maximum Gasteiger partial charge on any atom is 0.321 e. The number of carboxylic acids is 1.